The lowest BCUT2D eigenvalue weighted by Crippen LogP contribution is -2.43. The fourth-order valence-corrected chi connectivity index (χ4v) is 3.25. The Morgan fingerprint density at radius 2 is 2.17 bits per heavy atom. The molecule has 3 heteroatoms. The second kappa shape index (κ2) is 6.88. The Labute approximate surface area is 112 Å². The largest absolute Gasteiger partial charge is 0.381 e. The predicted molar refractivity (Wildman–Crippen MR) is 75.8 cm³/mol. The number of rotatable bonds is 4. The van der Waals surface area contributed by atoms with Gasteiger partial charge in [-0.1, -0.05) is 13.8 Å². The molecule has 0 radical (unpaired) electrons. The van der Waals surface area contributed by atoms with Gasteiger partial charge < -0.3 is 10.1 Å². The molecular formula is C15H30N2O. The topological polar surface area (TPSA) is 24.5 Å². The molecule has 2 aliphatic heterocycles. The van der Waals surface area contributed by atoms with Crippen LogP contribution in [0.2, 0.25) is 0 Å². The van der Waals surface area contributed by atoms with Crippen LogP contribution in [0.3, 0.4) is 0 Å². The summed E-state index contributed by atoms with van der Waals surface area (Å²) in [6, 6.07) is 1.40. The lowest BCUT2D eigenvalue weighted by molar-refractivity contribution is 0.144. The summed E-state index contributed by atoms with van der Waals surface area (Å²) in [5.41, 5.74) is 0. The van der Waals surface area contributed by atoms with E-state index < -0.39 is 0 Å². The van der Waals surface area contributed by atoms with Crippen molar-refractivity contribution in [3.8, 4) is 0 Å². The summed E-state index contributed by atoms with van der Waals surface area (Å²) in [6.07, 6.45) is 3.83. The molecule has 1 N–H and O–H groups in total. The third-order valence-electron chi connectivity index (χ3n) is 4.35. The highest BCUT2D eigenvalue weighted by molar-refractivity contribution is 4.83. The Morgan fingerprint density at radius 3 is 2.83 bits per heavy atom. The van der Waals surface area contributed by atoms with Crippen LogP contribution in [0.25, 0.3) is 0 Å². The van der Waals surface area contributed by atoms with Crippen molar-refractivity contribution in [2.75, 3.05) is 32.8 Å². The van der Waals surface area contributed by atoms with Gasteiger partial charge in [0.05, 0.1) is 6.61 Å². The smallest absolute Gasteiger partial charge is 0.0507 e. The van der Waals surface area contributed by atoms with Gasteiger partial charge >= 0.3 is 0 Å². The van der Waals surface area contributed by atoms with Gasteiger partial charge in [0, 0.05) is 31.8 Å². The van der Waals surface area contributed by atoms with E-state index in [4.69, 9.17) is 4.74 Å². The van der Waals surface area contributed by atoms with Crippen molar-refractivity contribution in [2.24, 2.45) is 11.8 Å². The number of nitrogens with one attached hydrogen (secondary N) is 1. The molecule has 2 fully saturated rings. The van der Waals surface area contributed by atoms with Crippen LogP contribution in [-0.4, -0.2) is 49.8 Å². The van der Waals surface area contributed by atoms with Crippen LogP contribution in [-0.2, 0) is 4.74 Å². The van der Waals surface area contributed by atoms with E-state index in [0.29, 0.717) is 6.04 Å². The Morgan fingerprint density at radius 1 is 1.33 bits per heavy atom. The zero-order valence-electron chi connectivity index (χ0n) is 12.3. The van der Waals surface area contributed by atoms with Crippen molar-refractivity contribution in [3.63, 3.8) is 0 Å². The summed E-state index contributed by atoms with van der Waals surface area (Å²) >= 11 is 0. The van der Waals surface area contributed by atoms with Crippen LogP contribution in [0, 0.1) is 11.8 Å². The van der Waals surface area contributed by atoms with E-state index in [-0.39, 0.29) is 0 Å². The van der Waals surface area contributed by atoms with Gasteiger partial charge in [0.2, 0.25) is 0 Å². The molecule has 2 rings (SSSR count). The van der Waals surface area contributed by atoms with Crippen molar-refractivity contribution in [1.82, 2.24) is 10.2 Å². The summed E-state index contributed by atoms with van der Waals surface area (Å²) in [6.45, 7) is 12.6. The van der Waals surface area contributed by atoms with Crippen molar-refractivity contribution in [3.05, 3.63) is 0 Å². The first kappa shape index (κ1) is 14.3. The van der Waals surface area contributed by atoms with E-state index in [9.17, 15) is 0 Å². The number of ether oxygens (including phenoxy) is 1. The minimum Gasteiger partial charge on any atom is -0.381 e. The highest BCUT2D eigenvalue weighted by Crippen LogP contribution is 2.19. The van der Waals surface area contributed by atoms with Gasteiger partial charge in [-0.25, -0.2) is 0 Å². The molecule has 2 aliphatic rings. The van der Waals surface area contributed by atoms with Crippen molar-refractivity contribution in [1.29, 1.82) is 0 Å². The van der Waals surface area contributed by atoms with Gasteiger partial charge in [-0.3, -0.25) is 4.90 Å². The highest BCUT2D eigenvalue weighted by atomic mass is 16.5. The van der Waals surface area contributed by atoms with Crippen LogP contribution in [0.5, 0.6) is 0 Å². The minimum atomic E-state index is 0.678. The fraction of sp³-hybridized carbons (Fsp3) is 1.00. The van der Waals surface area contributed by atoms with E-state index in [1.165, 1.54) is 38.9 Å². The number of nitrogens with zero attached hydrogens (tertiary/aromatic N) is 1. The molecule has 3 atom stereocenters. The van der Waals surface area contributed by atoms with E-state index in [0.717, 1.165) is 31.1 Å². The molecule has 18 heavy (non-hydrogen) atoms. The molecule has 0 amide bonds. The van der Waals surface area contributed by atoms with E-state index in [1.54, 1.807) is 0 Å². The maximum atomic E-state index is 5.51. The Bertz CT molecular complexity index is 239. The van der Waals surface area contributed by atoms with E-state index in [2.05, 4.69) is 31.0 Å². The maximum Gasteiger partial charge on any atom is 0.0507 e. The predicted octanol–water partition coefficient (Wildman–Crippen LogP) is 2.12. The van der Waals surface area contributed by atoms with Crippen LogP contribution in [0.1, 0.15) is 40.0 Å². The van der Waals surface area contributed by atoms with Crippen LogP contribution >= 0.6 is 0 Å². The quantitative estimate of drug-likeness (QED) is 0.832. The first-order valence-electron chi connectivity index (χ1n) is 7.70. The number of hydrogen-bond acceptors (Lipinski definition) is 3. The zero-order valence-corrected chi connectivity index (χ0v) is 12.3. The third kappa shape index (κ3) is 4.22. The van der Waals surface area contributed by atoms with E-state index >= 15 is 0 Å². The Balaban J connectivity index is 1.87. The standard InChI is InChI=1S/C15H30N2O/c1-12(2)8-15-10-17(13(3)4-6-16-15)9-14-5-7-18-11-14/h12-16H,4-11H2,1-3H3. The minimum absolute atomic E-state index is 0.678. The lowest BCUT2D eigenvalue weighted by Gasteiger charge is -2.31. The maximum absolute atomic E-state index is 5.51. The second-order valence-corrected chi connectivity index (χ2v) is 6.60. The summed E-state index contributed by atoms with van der Waals surface area (Å²) in [5.74, 6) is 1.55. The average molecular weight is 254 g/mol. The van der Waals surface area contributed by atoms with Crippen molar-refractivity contribution >= 4 is 0 Å². The van der Waals surface area contributed by atoms with E-state index in [1.807, 2.05) is 0 Å². The summed E-state index contributed by atoms with van der Waals surface area (Å²) < 4.78 is 5.51. The molecule has 0 aromatic heterocycles. The average Bonchev–Trinajstić information content (AvgIpc) is 2.73. The van der Waals surface area contributed by atoms with Gasteiger partial charge in [-0.15, -0.1) is 0 Å². The summed E-state index contributed by atoms with van der Waals surface area (Å²) in [4.78, 5) is 2.70. The molecule has 0 saturated carbocycles. The van der Waals surface area contributed by atoms with Crippen molar-refractivity contribution in [2.45, 2.75) is 52.1 Å². The van der Waals surface area contributed by atoms with Crippen LogP contribution in [0.4, 0.5) is 0 Å². The van der Waals surface area contributed by atoms with Crippen LogP contribution < -0.4 is 5.32 Å². The summed E-state index contributed by atoms with van der Waals surface area (Å²) in [7, 11) is 0. The van der Waals surface area contributed by atoms with Gasteiger partial charge in [0.25, 0.3) is 0 Å². The molecule has 0 aromatic carbocycles. The molecule has 0 aliphatic carbocycles. The molecule has 0 aromatic rings. The molecule has 106 valence electrons. The van der Waals surface area contributed by atoms with Gasteiger partial charge in [-0.2, -0.15) is 0 Å². The molecule has 3 unspecified atom stereocenters. The summed E-state index contributed by atoms with van der Waals surface area (Å²) in [5, 5.41) is 3.73. The van der Waals surface area contributed by atoms with Gasteiger partial charge in [0.1, 0.15) is 0 Å². The van der Waals surface area contributed by atoms with Crippen LogP contribution in [0.15, 0.2) is 0 Å². The SMILES string of the molecule is CC(C)CC1CN(CC2CCOC2)C(C)CCN1. The lowest BCUT2D eigenvalue weighted by atomic mass is 10.0. The molecule has 3 nitrogen and oxygen atoms in total. The molecule has 2 saturated heterocycles. The molecule has 2 heterocycles. The zero-order chi connectivity index (χ0) is 13.0. The Kier molecular flexibility index (Phi) is 5.46. The molecule has 0 spiro atoms. The number of hydrogen-bond donors (Lipinski definition) is 1. The van der Waals surface area contributed by atoms with Gasteiger partial charge in [0.15, 0.2) is 0 Å². The normalized spacial score (nSPS) is 35.0. The first-order valence-corrected chi connectivity index (χ1v) is 7.70. The second-order valence-electron chi connectivity index (χ2n) is 6.60. The van der Waals surface area contributed by atoms with Gasteiger partial charge in [-0.05, 0) is 44.6 Å². The molecular weight excluding hydrogens is 224 g/mol. The molecule has 0 bridgehead atoms. The first-order chi connectivity index (χ1) is 8.65. The van der Waals surface area contributed by atoms with Crippen molar-refractivity contribution < 1.29 is 4.74 Å². The highest BCUT2D eigenvalue weighted by Gasteiger charge is 2.26. The third-order valence-corrected chi connectivity index (χ3v) is 4.35. The monoisotopic (exact) mass is 254 g/mol. The Hall–Kier alpha value is -0.120. The fourth-order valence-electron chi connectivity index (χ4n) is 3.25.